The highest BCUT2D eigenvalue weighted by Crippen LogP contribution is 2.54. The van der Waals surface area contributed by atoms with E-state index in [1.807, 2.05) is 31.1 Å². The molecule has 1 saturated carbocycles. The number of halogens is 1. The van der Waals surface area contributed by atoms with Crippen molar-refractivity contribution < 1.29 is 9.18 Å². The van der Waals surface area contributed by atoms with Gasteiger partial charge in [0.15, 0.2) is 11.6 Å². The summed E-state index contributed by atoms with van der Waals surface area (Å²) in [6.45, 7) is 2.27. The van der Waals surface area contributed by atoms with Crippen LogP contribution >= 0.6 is 0 Å². The van der Waals surface area contributed by atoms with Gasteiger partial charge < -0.3 is 15.1 Å². The third kappa shape index (κ3) is 4.36. The topological polar surface area (TPSA) is 74.2 Å². The predicted octanol–water partition coefficient (Wildman–Crippen LogP) is 1.98. The van der Waals surface area contributed by atoms with E-state index in [4.69, 9.17) is 0 Å². The van der Waals surface area contributed by atoms with Gasteiger partial charge in [-0.05, 0) is 41.9 Å². The van der Waals surface area contributed by atoms with Crippen LogP contribution in [0.15, 0.2) is 36.8 Å². The fraction of sp³-hybridized carbons (Fsp3) is 0.429. The standard InChI is InChI=1S/C21H25FN6O/c1-27(2)21-25-11-18(22)20(26-21)28-12-16-15(17(16)13-28)7-9-24-19(29)6-5-14-4-3-8-23-10-14/h3-6,8,10-11,15-17H,7,9,12-13H2,1-2H3,(H,24,29)/b6-5+. The summed E-state index contributed by atoms with van der Waals surface area (Å²) in [5.74, 6) is 2.13. The molecule has 4 rings (SSSR count). The third-order valence-electron chi connectivity index (χ3n) is 5.67. The first-order chi connectivity index (χ1) is 14.0. The summed E-state index contributed by atoms with van der Waals surface area (Å²) in [5, 5.41) is 2.94. The van der Waals surface area contributed by atoms with Crippen LogP contribution in [0.2, 0.25) is 0 Å². The van der Waals surface area contributed by atoms with E-state index in [1.54, 1.807) is 23.4 Å². The number of nitrogens with one attached hydrogen (secondary N) is 1. The third-order valence-corrected chi connectivity index (χ3v) is 5.67. The van der Waals surface area contributed by atoms with E-state index >= 15 is 0 Å². The number of amides is 1. The number of anilines is 2. The van der Waals surface area contributed by atoms with Crippen LogP contribution in [0.5, 0.6) is 0 Å². The van der Waals surface area contributed by atoms with Crippen molar-refractivity contribution in [3.8, 4) is 0 Å². The predicted molar refractivity (Wildman–Crippen MR) is 110 cm³/mol. The number of carbonyl (C=O) groups is 1. The molecular weight excluding hydrogens is 371 g/mol. The van der Waals surface area contributed by atoms with Crippen molar-refractivity contribution in [3.05, 3.63) is 48.2 Å². The second-order valence-corrected chi connectivity index (χ2v) is 7.83. The van der Waals surface area contributed by atoms with Crippen molar-refractivity contribution >= 4 is 23.7 Å². The molecule has 152 valence electrons. The molecule has 1 aliphatic carbocycles. The Kier molecular flexibility index (Phi) is 5.42. The molecule has 2 fully saturated rings. The molecule has 0 radical (unpaired) electrons. The van der Waals surface area contributed by atoms with E-state index in [1.165, 1.54) is 12.3 Å². The number of rotatable bonds is 7. The minimum atomic E-state index is -0.374. The lowest BCUT2D eigenvalue weighted by molar-refractivity contribution is -0.116. The summed E-state index contributed by atoms with van der Waals surface area (Å²) >= 11 is 0. The highest BCUT2D eigenvalue weighted by molar-refractivity contribution is 5.91. The number of aromatic nitrogens is 3. The van der Waals surface area contributed by atoms with Crippen molar-refractivity contribution in [1.29, 1.82) is 0 Å². The number of nitrogens with zero attached hydrogens (tertiary/aromatic N) is 5. The Labute approximate surface area is 169 Å². The van der Waals surface area contributed by atoms with Crippen LogP contribution in [0, 0.1) is 23.6 Å². The summed E-state index contributed by atoms with van der Waals surface area (Å²) in [6, 6.07) is 3.73. The van der Waals surface area contributed by atoms with Gasteiger partial charge in [-0.3, -0.25) is 9.78 Å². The number of piperidine rings is 1. The molecular formula is C21H25FN6O. The van der Waals surface area contributed by atoms with Crippen molar-refractivity contribution in [2.45, 2.75) is 6.42 Å². The Morgan fingerprint density at radius 1 is 1.34 bits per heavy atom. The molecule has 1 N–H and O–H groups in total. The SMILES string of the molecule is CN(C)c1ncc(F)c(N2CC3C(CCNC(=O)/C=C/c4cccnc4)C3C2)n1. The Morgan fingerprint density at radius 3 is 2.83 bits per heavy atom. The van der Waals surface area contributed by atoms with E-state index in [0.717, 1.165) is 25.1 Å². The zero-order valence-electron chi connectivity index (χ0n) is 16.6. The van der Waals surface area contributed by atoms with Gasteiger partial charge in [0.25, 0.3) is 0 Å². The molecule has 2 aromatic heterocycles. The van der Waals surface area contributed by atoms with Crippen LogP contribution in [-0.2, 0) is 4.79 Å². The molecule has 1 saturated heterocycles. The van der Waals surface area contributed by atoms with Crippen LogP contribution in [0.1, 0.15) is 12.0 Å². The summed E-state index contributed by atoms with van der Waals surface area (Å²) in [4.78, 5) is 28.1. The molecule has 0 bridgehead atoms. The van der Waals surface area contributed by atoms with Crippen molar-refractivity contribution in [2.24, 2.45) is 17.8 Å². The molecule has 2 atom stereocenters. The quantitative estimate of drug-likeness (QED) is 0.722. The van der Waals surface area contributed by atoms with Crippen molar-refractivity contribution in [3.63, 3.8) is 0 Å². The Hall–Kier alpha value is -3.03. The zero-order valence-corrected chi connectivity index (χ0v) is 16.6. The van der Waals surface area contributed by atoms with E-state index in [-0.39, 0.29) is 11.7 Å². The normalized spacial score (nSPS) is 22.6. The highest BCUT2D eigenvalue weighted by Gasteiger charge is 2.55. The van der Waals surface area contributed by atoms with Gasteiger partial charge in [-0.2, -0.15) is 4.98 Å². The summed E-state index contributed by atoms with van der Waals surface area (Å²) in [7, 11) is 3.68. The Morgan fingerprint density at radius 2 is 2.14 bits per heavy atom. The van der Waals surface area contributed by atoms with E-state index in [0.29, 0.717) is 36.1 Å². The van der Waals surface area contributed by atoms with Gasteiger partial charge in [0.1, 0.15) is 0 Å². The minimum Gasteiger partial charge on any atom is -0.353 e. The molecule has 29 heavy (non-hydrogen) atoms. The molecule has 7 nitrogen and oxygen atoms in total. The molecule has 2 aromatic rings. The number of carbonyl (C=O) groups excluding carboxylic acids is 1. The maximum Gasteiger partial charge on any atom is 0.244 e. The number of pyridine rings is 1. The molecule has 2 aliphatic rings. The number of fused-ring (bicyclic) bond motifs is 1. The fourth-order valence-electron chi connectivity index (χ4n) is 4.10. The van der Waals surface area contributed by atoms with E-state index < -0.39 is 0 Å². The van der Waals surface area contributed by atoms with Crippen molar-refractivity contribution in [1.82, 2.24) is 20.3 Å². The molecule has 1 aliphatic heterocycles. The summed E-state index contributed by atoms with van der Waals surface area (Å²) < 4.78 is 14.2. The van der Waals surface area contributed by atoms with Crippen LogP contribution in [-0.4, -0.2) is 54.6 Å². The Balaban J connectivity index is 1.22. The van der Waals surface area contributed by atoms with Gasteiger partial charge in [-0.15, -0.1) is 0 Å². The lowest BCUT2D eigenvalue weighted by atomic mass is 10.2. The maximum absolute atomic E-state index is 14.2. The first kappa shape index (κ1) is 19.3. The smallest absolute Gasteiger partial charge is 0.244 e. The average Bonchev–Trinajstić information content (AvgIpc) is 3.16. The van der Waals surface area contributed by atoms with Gasteiger partial charge in [0.05, 0.1) is 6.20 Å². The average molecular weight is 396 g/mol. The van der Waals surface area contributed by atoms with Gasteiger partial charge in [-0.25, -0.2) is 9.37 Å². The van der Waals surface area contributed by atoms with Crippen LogP contribution in [0.4, 0.5) is 16.2 Å². The second-order valence-electron chi connectivity index (χ2n) is 7.83. The van der Waals surface area contributed by atoms with Crippen LogP contribution in [0.3, 0.4) is 0 Å². The van der Waals surface area contributed by atoms with Gasteiger partial charge in [0.2, 0.25) is 11.9 Å². The van der Waals surface area contributed by atoms with Crippen LogP contribution < -0.4 is 15.1 Å². The van der Waals surface area contributed by atoms with E-state index in [9.17, 15) is 9.18 Å². The molecule has 1 amide bonds. The van der Waals surface area contributed by atoms with Crippen LogP contribution in [0.25, 0.3) is 6.08 Å². The number of hydrogen-bond acceptors (Lipinski definition) is 6. The maximum atomic E-state index is 14.2. The fourth-order valence-corrected chi connectivity index (χ4v) is 4.10. The lowest BCUT2D eigenvalue weighted by Crippen LogP contribution is -2.28. The molecule has 0 spiro atoms. The van der Waals surface area contributed by atoms with E-state index in [2.05, 4.69) is 20.3 Å². The zero-order chi connectivity index (χ0) is 20.4. The Bertz CT molecular complexity index is 891. The summed E-state index contributed by atoms with van der Waals surface area (Å²) in [6.07, 6.45) is 8.89. The summed E-state index contributed by atoms with van der Waals surface area (Å²) in [5.41, 5.74) is 0.897. The first-order valence-electron chi connectivity index (χ1n) is 9.83. The number of hydrogen-bond donors (Lipinski definition) is 1. The van der Waals surface area contributed by atoms with Crippen molar-refractivity contribution in [2.75, 3.05) is 43.5 Å². The lowest BCUT2D eigenvalue weighted by Gasteiger charge is -2.22. The van der Waals surface area contributed by atoms with Gasteiger partial charge >= 0.3 is 0 Å². The monoisotopic (exact) mass is 396 g/mol. The largest absolute Gasteiger partial charge is 0.353 e. The first-order valence-corrected chi connectivity index (χ1v) is 9.83. The molecule has 3 heterocycles. The minimum absolute atomic E-state index is 0.0967. The highest BCUT2D eigenvalue weighted by atomic mass is 19.1. The molecule has 0 aromatic carbocycles. The van der Waals surface area contributed by atoms with Gasteiger partial charge in [-0.1, -0.05) is 6.07 Å². The molecule has 2 unspecified atom stereocenters. The second kappa shape index (κ2) is 8.14. The van der Waals surface area contributed by atoms with Gasteiger partial charge in [0, 0.05) is 52.2 Å². The molecule has 8 heteroatoms.